The quantitative estimate of drug-likeness (QED) is 0.776. The second-order valence-electron chi connectivity index (χ2n) is 3.36. The Morgan fingerprint density at radius 1 is 1.40 bits per heavy atom. The first-order valence-electron chi connectivity index (χ1n) is 4.54. The highest BCUT2D eigenvalue weighted by Crippen LogP contribution is 2.31. The molecule has 1 heterocycles. The number of rotatable bonds is 1. The fourth-order valence-electron chi connectivity index (χ4n) is 1.64. The summed E-state index contributed by atoms with van der Waals surface area (Å²) >= 11 is 11.9. The summed E-state index contributed by atoms with van der Waals surface area (Å²) in [5.41, 5.74) is 9.19. The Labute approximate surface area is 98.0 Å². The van der Waals surface area contributed by atoms with E-state index < -0.39 is 0 Å². The van der Waals surface area contributed by atoms with Gasteiger partial charge in [0.15, 0.2) is 0 Å². The molecule has 15 heavy (non-hydrogen) atoms. The van der Waals surface area contributed by atoms with Gasteiger partial charge >= 0.3 is 0 Å². The van der Waals surface area contributed by atoms with Gasteiger partial charge in [-0.1, -0.05) is 17.7 Å². The zero-order chi connectivity index (χ0) is 11.0. The lowest BCUT2D eigenvalue weighted by Gasteiger charge is -2.10. The molecule has 2 nitrogen and oxygen atoms in total. The van der Waals surface area contributed by atoms with Crippen molar-refractivity contribution in [3.05, 3.63) is 34.5 Å². The van der Waals surface area contributed by atoms with Crippen LogP contribution in [0.2, 0.25) is 5.02 Å². The summed E-state index contributed by atoms with van der Waals surface area (Å²) in [4.78, 5) is 4.42. The Morgan fingerprint density at radius 3 is 2.80 bits per heavy atom. The lowest BCUT2D eigenvalue weighted by molar-refractivity contribution is 1.18. The molecular weight excluding hydrogens is 231 g/mol. The van der Waals surface area contributed by atoms with Gasteiger partial charge < -0.3 is 5.73 Å². The molecule has 0 amide bonds. The number of pyridine rings is 1. The van der Waals surface area contributed by atoms with Crippen LogP contribution in [0.25, 0.3) is 10.9 Å². The summed E-state index contributed by atoms with van der Waals surface area (Å²) in [5, 5.41) is 1.41. The highest BCUT2D eigenvalue weighted by Gasteiger charge is 2.11. The predicted molar refractivity (Wildman–Crippen MR) is 65.5 cm³/mol. The second kappa shape index (κ2) is 3.87. The maximum Gasteiger partial charge on any atom is 0.0741 e. The van der Waals surface area contributed by atoms with Gasteiger partial charge in [0.2, 0.25) is 0 Å². The number of nitrogens with zero attached hydrogens (tertiary/aromatic N) is 1. The molecular formula is C11H10Cl2N2. The number of aromatic nitrogens is 1. The van der Waals surface area contributed by atoms with Crippen LogP contribution in [-0.2, 0) is 5.88 Å². The zero-order valence-corrected chi connectivity index (χ0v) is 9.73. The Bertz CT molecular complexity index is 523. The maximum atomic E-state index is 6.08. The van der Waals surface area contributed by atoms with E-state index in [9.17, 15) is 0 Å². The monoisotopic (exact) mass is 240 g/mol. The first-order chi connectivity index (χ1) is 7.15. The van der Waals surface area contributed by atoms with E-state index in [2.05, 4.69) is 4.98 Å². The van der Waals surface area contributed by atoms with Gasteiger partial charge in [0.25, 0.3) is 0 Å². The van der Waals surface area contributed by atoms with Crippen molar-refractivity contribution < 1.29 is 0 Å². The van der Waals surface area contributed by atoms with Crippen molar-refractivity contribution in [2.75, 3.05) is 5.73 Å². The summed E-state index contributed by atoms with van der Waals surface area (Å²) < 4.78 is 0. The summed E-state index contributed by atoms with van der Waals surface area (Å²) in [6.07, 6.45) is 0. The van der Waals surface area contributed by atoms with E-state index in [1.807, 2.05) is 19.1 Å². The van der Waals surface area contributed by atoms with Gasteiger partial charge in [-0.05, 0) is 19.1 Å². The molecule has 2 aromatic rings. The Morgan fingerprint density at radius 2 is 2.13 bits per heavy atom. The van der Waals surface area contributed by atoms with E-state index in [0.717, 1.165) is 22.2 Å². The molecule has 0 spiro atoms. The molecule has 1 aromatic heterocycles. The molecule has 2 N–H and O–H groups in total. The third-order valence-corrected chi connectivity index (χ3v) is 3.03. The van der Waals surface area contributed by atoms with Crippen LogP contribution in [-0.4, -0.2) is 4.98 Å². The number of nitrogens with two attached hydrogens (primary N) is 1. The summed E-state index contributed by atoms with van der Waals surface area (Å²) in [5.74, 6) is 0.353. The number of halogens is 2. The van der Waals surface area contributed by atoms with Crippen molar-refractivity contribution >= 4 is 39.8 Å². The SMILES string of the molecule is Cc1nc2cccc(Cl)c2c(N)c1CCl. The number of anilines is 1. The Kier molecular flexibility index (Phi) is 2.72. The van der Waals surface area contributed by atoms with Crippen LogP contribution >= 0.6 is 23.2 Å². The molecule has 0 fully saturated rings. The molecule has 0 radical (unpaired) electrons. The molecule has 0 bridgehead atoms. The van der Waals surface area contributed by atoms with E-state index in [4.69, 9.17) is 28.9 Å². The van der Waals surface area contributed by atoms with Crippen molar-refractivity contribution in [1.29, 1.82) is 0 Å². The summed E-state index contributed by atoms with van der Waals surface area (Å²) in [6, 6.07) is 5.55. The first-order valence-corrected chi connectivity index (χ1v) is 5.45. The van der Waals surface area contributed by atoms with Crippen LogP contribution in [0.15, 0.2) is 18.2 Å². The van der Waals surface area contributed by atoms with Gasteiger partial charge in [-0.25, -0.2) is 0 Å². The molecule has 0 saturated heterocycles. The van der Waals surface area contributed by atoms with Gasteiger partial charge in [0.05, 0.1) is 16.4 Å². The van der Waals surface area contributed by atoms with Crippen molar-refractivity contribution in [3.8, 4) is 0 Å². The zero-order valence-electron chi connectivity index (χ0n) is 8.22. The van der Waals surface area contributed by atoms with Crippen molar-refractivity contribution in [2.24, 2.45) is 0 Å². The minimum absolute atomic E-state index is 0.353. The molecule has 0 atom stereocenters. The topological polar surface area (TPSA) is 38.9 Å². The van der Waals surface area contributed by atoms with E-state index in [1.54, 1.807) is 6.07 Å². The normalized spacial score (nSPS) is 10.9. The highest BCUT2D eigenvalue weighted by molar-refractivity contribution is 6.36. The Balaban J connectivity index is 2.92. The van der Waals surface area contributed by atoms with E-state index >= 15 is 0 Å². The largest absolute Gasteiger partial charge is 0.398 e. The number of hydrogen-bond acceptors (Lipinski definition) is 2. The number of benzene rings is 1. The van der Waals surface area contributed by atoms with E-state index in [0.29, 0.717) is 16.6 Å². The van der Waals surface area contributed by atoms with Crippen LogP contribution in [0.3, 0.4) is 0 Å². The van der Waals surface area contributed by atoms with Gasteiger partial charge in [0, 0.05) is 22.3 Å². The molecule has 2 rings (SSSR count). The summed E-state index contributed by atoms with van der Waals surface area (Å²) in [7, 11) is 0. The summed E-state index contributed by atoms with van der Waals surface area (Å²) in [6.45, 7) is 1.90. The van der Waals surface area contributed by atoms with Crippen LogP contribution in [0.4, 0.5) is 5.69 Å². The van der Waals surface area contributed by atoms with Gasteiger partial charge in [-0.15, -0.1) is 11.6 Å². The molecule has 0 aliphatic carbocycles. The first kappa shape index (κ1) is 10.5. The van der Waals surface area contributed by atoms with Gasteiger partial charge in [-0.3, -0.25) is 4.98 Å². The average Bonchev–Trinajstić information content (AvgIpc) is 2.17. The molecule has 1 aromatic carbocycles. The maximum absolute atomic E-state index is 6.08. The molecule has 0 aliphatic heterocycles. The molecule has 0 aliphatic rings. The molecule has 4 heteroatoms. The minimum atomic E-state index is 0.353. The number of aryl methyl sites for hydroxylation is 1. The fraction of sp³-hybridized carbons (Fsp3) is 0.182. The molecule has 78 valence electrons. The fourth-order valence-corrected chi connectivity index (χ4v) is 2.24. The smallest absolute Gasteiger partial charge is 0.0741 e. The van der Waals surface area contributed by atoms with Crippen molar-refractivity contribution in [2.45, 2.75) is 12.8 Å². The standard InChI is InChI=1S/C11H10Cl2N2/c1-6-7(5-12)11(14)10-8(13)3-2-4-9(10)15-6/h2-4H,5H2,1H3,(H2,14,15). The minimum Gasteiger partial charge on any atom is -0.398 e. The van der Waals surface area contributed by atoms with E-state index in [-0.39, 0.29) is 0 Å². The number of alkyl halides is 1. The third-order valence-electron chi connectivity index (χ3n) is 2.44. The predicted octanol–water partition coefficient (Wildman–Crippen LogP) is 3.52. The molecule has 0 unspecified atom stereocenters. The second-order valence-corrected chi connectivity index (χ2v) is 4.03. The number of hydrogen-bond donors (Lipinski definition) is 1. The van der Waals surface area contributed by atoms with Crippen LogP contribution in [0, 0.1) is 6.92 Å². The lowest BCUT2D eigenvalue weighted by atomic mass is 10.1. The highest BCUT2D eigenvalue weighted by atomic mass is 35.5. The lowest BCUT2D eigenvalue weighted by Crippen LogP contribution is -2.00. The van der Waals surface area contributed by atoms with Gasteiger partial charge in [-0.2, -0.15) is 0 Å². The van der Waals surface area contributed by atoms with Crippen LogP contribution < -0.4 is 5.73 Å². The average molecular weight is 241 g/mol. The Hall–Kier alpha value is -0.990. The van der Waals surface area contributed by atoms with Crippen LogP contribution in [0.1, 0.15) is 11.3 Å². The molecule has 0 saturated carbocycles. The van der Waals surface area contributed by atoms with E-state index in [1.165, 1.54) is 0 Å². The number of nitrogen functional groups attached to an aromatic ring is 1. The third kappa shape index (κ3) is 1.64. The van der Waals surface area contributed by atoms with Crippen molar-refractivity contribution in [1.82, 2.24) is 4.98 Å². The van der Waals surface area contributed by atoms with Crippen LogP contribution in [0.5, 0.6) is 0 Å². The number of fused-ring (bicyclic) bond motifs is 1. The van der Waals surface area contributed by atoms with Gasteiger partial charge in [0.1, 0.15) is 0 Å². The van der Waals surface area contributed by atoms with Crippen molar-refractivity contribution in [3.63, 3.8) is 0 Å².